The van der Waals surface area contributed by atoms with Crippen molar-refractivity contribution in [2.75, 3.05) is 7.11 Å². The molecule has 0 amide bonds. The molecule has 0 saturated carbocycles. The molecule has 3 aromatic rings. The maximum Gasteiger partial charge on any atom is 0.348 e. The Morgan fingerprint density at radius 1 is 1.25 bits per heavy atom. The number of benzene rings is 1. The molecule has 0 fully saturated rings. The highest BCUT2D eigenvalue weighted by atomic mass is 79.9. The van der Waals surface area contributed by atoms with E-state index in [-0.39, 0.29) is 12.6 Å². The number of methoxy groups -OCH3 is 1. The molecule has 0 N–H and O–H groups in total. The summed E-state index contributed by atoms with van der Waals surface area (Å²) in [5, 5.41) is 0. The summed E-state index contributed by atoms with van der Waals surface area (Å²) in [6, 6.07) is 13.0. The van der Waals surface area contributed by atoms with E-state index in [1.165, 1.54) is 11.3 Å². The molecule has 0 unspecified atom stereocenters. The normalized spacial score (nSPS) is 10.4. The standard InChI is InChI=1S/C18H14BrNO3S/c1-22-14-6-4-12(5-7-14)11-23-18(21)16-9-15(19)17(24-16)13-3-2-8-20-10-13/h2-10H,11H2,1H3. The van der Waals surface area contributed by atoms with E-state index in [2.05, 4.69) is 20.9 Å². The lowest BCUT2D eigenvalue weighted by Gasteiger charge is -2.04. The largest absolute Gasteiger partial charge is 0.497 e. The Morgan fingerprint density at radius 3 is 2.71 bits per heavy atom. The highest BCUT2D eigenvalue weighted by molar-refractivity contribution is 9.10. The Morgan fingerprint density at radius 2 is 2.04 bits per heavy atom. The lowest BCUT2D eigenvalue weighted by molar-refractivity contribution is 0.0478. The highest BCUT2D eigenvalue weighted by Crippen LogP contribution is 2.36. The van der Waals surface area contributed by atoms with Crippen molar-refractivity contribution in [1.29, 1.82) is 0 Å². The van der Waals surface area contributed by atoms with E-state index in [1.807, 2.05) is 36.4 Å². The molecular weight excluding hydrogens is 390 g/mol. The lowest BCUT2D eigenvalue weighted by Crippen LogP contribution is -2.03. The molecular formula is C18H14BrNO3S. The van der Waals surface area contributed by atoms with Gasteiger partial charge >= 0.3 is 5.97 Å². The Bertz CT molecular complexity index is 831. The number of nitrogens with zero attached hydrogens (tertiary/aromatic N) is 1. The van der Waals surface area contributed by atoms with Gasteiger partial charge in [0.15, 0.2) is 0 Å². The molecule has 0 aliphatic heterocycles. The van der Waals surface area contributed by atoms with Crippen LogP contribution in [0.3, 0.4) is 0 Å². The topological polar surface area (TPSA) is 48.4 Å². The molecule has 6 heteroatoms. The van der Waals surface area contributed by atoms with Gasteiger partial charge in [-0.2, -0.15) is 0 Å². The van der Waals surface area contributed by atoms with Crippen molar-refractivity contribution in [3.8, 4) is 16.2 Å². The third-order valence-electron chi connectivity index (χ3n) is 3.34. The Balaban J connectivity index is 1.69. The van der Waals surface area contributed by atoms with Crippen molar-refractivity contribution in [3.05, 3.63) is 69.8 Å². The summed E-state index contributed by atoms with van der Waals surface area (Å²) in [7, 11) is 1.61. The van der Waals surface area contributed by atoms with Gasteiger partial charge in [-0.15, -0.1) is 11.3 Å². The molecule has 2 heterocycles. The van der Waals surface area contributed by atoms with Crippen LogP contribution in [0.1, 0.15) is 15.2 Å². The summed E-state index contributed by atoms with van der Waals surface area (Å²) >= 11 is 4.88. The van der Waals surface area contributed by atoms with Crippen LogP contribution in [0.2, 0.25) is 0 Å². The second-order valence-corrected chi connectivity index (χ2v) is 6.86. The van der Waals surface area contributed by atoms with Gasteiger partial charge in [0.25, 0.3) is 0 Å². The quantitative estimate of drug-likeness (QED) is 0.566. The second kappa shape index (κ2) is 7.59. The first-order valence-electron chi connectivity index (χ1n) is 7.17. The van der Waals surface area contributed by atoms with Crippen molar-refractivity contribution >= 4 is 33.2 Å². The predicted molar refractivity (Wildman–Crippen MR) is 97.4 cm³/mol. The zero-order valence-electron chi connectivity index (χ0n) is 12.9. The molecule has 0 bridgehead atoms. The first-order valence-corrected chi connectivity index (χ1v) is 8.78. The minimum absolute atomic E-state index is 0.223. The number of esters is 1. The number of hydrogen-bond donors (Lipinski definition) is 0. The van der Waals surface area contributed by atoms with Gasteiger partial charge in [0.05, 0.1) is 12.0 Å². The SMILES string of the molecule is COc1ccc(COC(=O)c2cc(Br)c(-c3cccnc3)s2)cc1. The lowest BCUT2D eigenvalue weighted by atomic mass is 10.2. The van der Waals surface area contributed by atoms with Crippen molar-refractivity contribution in [2.24, 2.45) is 0 Å². The van der Waals surface area contributed by atoms with Crippen LogP contribution in [0.4, 0.5) is 0 Å². The zero-order chi connectivity index (χ0) is 16.9. The predicted octanol–water partition coefficient (Wildman–Crippen LogP) is 4.94. The van der Waals surface area contributed by atoms with E-state index in [4.69, 9.17) is 9.47 Å². The minimum atomic E-state index is -0.341. The van der Waals surface area contributed by atoms with Crippen LogP contribution < -0.4 is 4.74 Å². The number of halogens is 1. The highest BCUT2D eigenvalue weighted by Gasteiger charge is 2.16. The zero-order valence-corrected chi connectivity index (χ0v) is 15.3. The van der Waals surface area contributed by atoms with Crippen LogP contribution in [0.15, 0.2) is 59.3 Å². The number of carbonyl (C=O) groups is 1. The average Bonchev–Trinajstić information content (AvgIpc) is 3.02. The number of carbonyl (C=O) groups excluding carboxylic acids is 1. The van der Waals surface area contributed by atoms with Crippen LogP contribution >= 0.6 is 27.3 Å². The smallest absolute Gasteiger partial charge is 0.348 e. The van der Waals surface area contributed by atoms with Crippen LogP contribution in [0, 0.1) is 0 Å². The van der Waals surface area contributed by atoms with E-state index in [9.17, 15) is 4.79 Å². The van der Waals surface area contributed by atoms with E-state index >= 15 is 0 Å². The molecule has 4 nitrogen and oxygen atoms in total. The van der Waals surface area contributed by atoms with E-state index in [0.717, 1.165) is 26.2 Å². The van der Waals surface area contributed by atoms with Gasteiger partial charge in [-0.05, 0) is 45.8 Å². The number of ether oxygens (including phenoxy) is 2. The molecule has 0 aliphatic carbocycles. The molecule has 2 aromatic heterocycles. The molecule has 1 aromatic carbocycles. The molecule has 3 rings (SSSR count). The Kier molecular flexibility index (Phi) is 5.27. The third-order valence-corrected chi connectivity index (χ3v) is 5.39. The van der Waals surface area contributed by atoms with Crippen molar-refractivity contribution < 1.29 is 14.3 Å². The van der Waals surface area contributed by atoms with Gasteiger partial charge in [-0.1, -0.05) is 18.2 Å². The first kappa shape index (κ1) is 16.7. The van der Waals surface area contributed by atoms with Gasteiger partial charge < -0.3 is 9.47 Å². The van der Waals surface area contributed by atoms with Crippen molar-refractivity contribution in [2.45, 2.75) is 6.61 Å². The number of aromatic nitrogens is 1. The van der Waals surface area contributed by atoms with Crippen molar-refractivity contribution in [1.82, 2.24) is 4.98 Å². The van der Waals surface area contributed by atoms with Gasteiger partial charge in [0.2, 0.25) is 0 Å². The maximum atomic E-state index is 12.3. The van der Waals surface area contributed by atoms with Crippen LogP contribution in [-0.2, 0) is 11.3 Å². The maximum absolute atomic E-state index is 12.3. The molecule has 0 atom stereocenters. The fourth-order valence-electron chi connectivity index (χ4n) is 2.11. The van der Waals surface area contributed by atoms with E-state index in [1.54, 1.807) is 25.6 Å². The number of pyridine rings is 1. The molecule has 0 aliphatic rings. The van der Waals surface area contributed by atoms with E-state index < -0.39 is 0 Å². The Hall–Kier alpha value is -2.18. The summed E-state index contributed by atoms with van der Waals surface area (Å²) in [6.45, 7) is 0.223. The number of rotatable bonds is 5. The fraction of sp³-hybridized carbons (Fsp3) is 0.111. The van der Waals surface area contributed by atoms with Crippen LogP contribution in [0.25, 0.3) is 10.4 Å². The summed E-state index contributed by atoms with van der Waals surface area (Å²) in [4.78, 5) is 17.9. The monoisotopic (exact) mass is 403 g/mol. The Labute approximate surface area is 152 Å². The number of hydrogen-bond acceptors (Lipinski definition) is 5. The van der Waals surface area contributed by atoms with Crippen molar-refractivity contribution in [3.63, 3.8) is 0 Å². The van der Waals surface area contributed by atoms with Gasteiger partial charge in [-0.3, -0.25) is 4.98 Å². The molecule has 24 heavy (non-hydrogen) atoms. The van der Waals surface area contributed by atoms with Crippen LogP contribution in [-0.4, -0.2) is 18.1 Å². The summed E-state index contributed by atoms with van der Waals surface area (Å²) in [6.07, 6.45) is 3.48. The second-order valence-electron chi connectivity index (χ2n) is 4.95. The fourth-order valence-corrected chi connectivity index (χ4v) is 3.89. The summed E-state index contributed by atoms with van der Waals surface area (Å²) in [5.74, 6) is 0.431. The molecule has 122 valence electrons. The molecule has 0 spiro atoms. The van der Waals surface area contributed by atoms with Crippen LogP contribution in [0.5, 0.6) is 5.75 Å². The summed E-state index contributed by atoms with van der Waals surface area (Å²) in [5.41, 5.74) is 1.87. The third kappa shape index (κ3) is 3.83. The molecule has 0 radical (unpaired) electrons. The number of thiophene rings is 1. The average molecular weight is 404 g/mol. The minimum Gasteiger partial charge on any atom is -0.497 e. The first-order chi connectivity index (χ1) is 11.7. The summed E-state index contributed by atoms with van der Waals surface area (Å²) < 4.78 is 11.3. The van der Waals surface area contributed by atoms with Gasteiger partial charge in [0, 0.05) is 22.4 Å². The van der Waals surface area contributed by atoms with E-state index in [0.29, 0.717) is 4.88 Å². The van der Waals surface area contributed by atoms with Gasteiger partial charge in [-0.25, -0.2) is 4.79 Å². The molecule has 0 saturated heterocycles. The van der Waals surface area contributed by atoms with Gasteiger partial charge in [0.1, 0.15) is 17.2 Å².